The van der Waals surface area contributed by atoms with Crippen molar-refractivity contribution in [3.8, 4) is 22.6 Å². The highest BCUT2D eigenvalue weighted by Crippen LogP contribution is 2.42. The first kappa shape index (κ1) is 21.6. The van der Waals surface area contributed by atoms with Gasteiger partial charge in [0.15, 0.2) is 0 Å². The molecule has 0 atom stereocenters. The molecule has 1 aliphatic carbocycles. The SMILES string of the molecule is O=S(=O)(c1cc(-c2ncc(-c3ccc(F)c(C4CC4)c3)[nH]2)ccc1Cl)N1CCC(O)CC1. The quantitative estimate of drug-likeness (QED) is 0.566. The lowest BCUT2D eigenvalue weighted by molar-refractivity contribution is 0.113. The van der Waals surface area contributed by atoms with E-state index in [2.05, 4.69) is 9.97 Å². The monoisotopic (exact) mass is 475 g/mol. The Bertz CT molecular complexity index is 1270. The van der Waals surface area contributed by atoms with E-state index in [1.807, 2.05) is 6.07 Å². The van der Waals surface area contributed by atoms with Crippen molar-refractivity contribution in [3.05, 3.63) is 59.0 Å². The number of benzene rings is 2. The third-order valence-corrected chi connectivity index (χ3v) is 8.53. The number of imidazole rings is 1. The third-order valence-electron chi connectivity index (χ3n) is 6.15. The second-order valence-electron chi connectivity index (χ2n) is 8.44. The highest BCUT2D eigenvalue weighted by Gasteiger charge is 2.31. The van der Waals surface area contributed by atoms with Crippen molar-refractivity contribution < 1.29 is 17.9 Å². The van der Waals surface area contributed by atoms with Crippen molar-refractivity contribution in [2.24, 2.45) is 0 Å². The fourth-order valence-electron chi connectivity index (χ4n) is 4.10. The van der Waals surface area contributed by atoms with Crippen LogP contribution < -0.4 is 0 Å². The van der Waals surface area contributed by atoms with Crippen LogP contribution in [0.5, 0.6) is 0 Å². The van der Waals surface area contributed by atoms with E-state index < -0.39 is 16.1 Å². The largest absolute Gasteiger partial charge is 0.393 e. The number of H-pyrrole nitrogens is 1. The maximum absolute atomic E-state index is 14.1. The molecule has 1 aromatic heterocycles. The molecule has 0 radical (unpaired) electrons. The maximum atomic E-state index is 14.1. The molecule has 6 nitrogen and oxygen atoms in total. The van der Waals surface area contributed by atoms with Gasteiger partial charge in [-0.3, -0.25) is 0 Å². The first-order valence-corrected chi connectivity index (χ1v) is 12.5. The number of aromatic nitrogens is 2. The molecule has 0 unspecified atom stereocenters. The summed E-state index contributed by atoms with van der Waals surface area (Å²) in [5.41, 5.74) is 2.87. The van der Waals surface area contributed by atoms with Crippen LogP contribution in [0.1, 0.15) is 37.2 Å². The minimum Gasteiger partial charge on any atom is -0.393 e. The van der Waals surface area contributed by atoms with E-state index in [1.165, 1.54) is 16.4 Å². The summed E-state index contributed by atoms with van der Waals surface area (Å²) >= 11 is 6.26. The molecule has 1 saturated heterocycles. The van der Waals surface area contributed by atoms with E-state index in [0.29, 0.717) is 24.2 Å². The summed E-state index contributed by atoms with van der Waals surface area (Å²) in [5, 5.41) is 9.83. The molecule has 2 heterocycles. The number of aliphatic hydroxyl groups is 1. The number of piperidine rings is 1. The zero-order chi connectivity index (χ0) is 22.5. The van der Waals surface area contributed by atoms with Crippen LogP contribution in [-0.2, 0) is 10.0 Å². The number of aromatic amines is 1. The standard InChI is InChI=1S/C23H23ClFN3O3S/c24-19-5-3-16(12-22(19)32(30,31)28-9-7-17(29)8-10-28)23-26-13-21(27-23)15-4-6-20(25)18(11-15)14-1-2-14/h3-6,11-14,17,29H,1-2,7-10H2,(H,26,27). The first-order valence-electron chi connectivity index (χ1n) is 10.7. The van der Waals surface area contributed by atoms with Crippen molar-refractivity contribution in [1.82, 2.24) is 14.3 Å². The third kappa shape index (κ3) is 4.08. The molecule has 1 aliphatic heterocycles. The summed E-state index contributed by atoms with van der Waals surface area (Å²) in [7, 11) is -3.80. The van der Waals surface area contributed by atoms with Gasteiger partial charge in [-0.25, -0.2) is 17.8 Å². The number of nitrogens with one attached hydrogen (secondary N) is 1. The molecule has 2 fully saturated rings. The van der Waals surface area contributed by atoms with E-state index >= 15 is 0 Å². The minimum atomic E-state index is -3.80. The summed E-state index contributed by atoms with van der Waals surface area (Å²) in [6.07, 6.45) is 4.00. The van der Waals surface area contributed by atoms with Gasteiger partial charge < -0.3 is 10.1 Å². The predicted molar refractivity (Wildman–Crippen MR) is 120 cm³/mol. The predicted octanol–water partition coefficient (Wildman–Crippen LogP) is 4.56. The van der Waals surface area contributed by atoms with Gasteiger partial charge in [0, 0.05) is 24.2 Å². The van der Waals surface area contributed by atoms with Gasteiger partial charge in [-0.1, -0.05) is 11.6 Å². The number of sulfonamides is 1. The van der Waals surface area contributed by atoms with E-state index in [1.54, 1.807) is 24.4 Å². The van der Waals surface area contributed by atoms with Gasteiger partial charge in [-0.05, 0) is 73.6 Å². The van der Waals surface area contributed by atoms with Crippen LogP contribution in [0.4, 0.5) is 4.39 Å². The highest BCUT2D eigenvalue weighted by atomic mass is 35.5. The molecule has 0 spiro atoms. The Labute approximate surface area is 191 Å². The first-order chi connectivity index (χ1) is 15.3. The molecule has 168 valence electrons. The molecule has 2 aliphatic rings. The summed E-state index contributed by atoms with van der Waals surface area (Å²) in [4.78, 5) is 7.65. The van der Waals surface area contributed by atoms with E-state index in [0.717, 1.165) is 29.7 Å². The fraction of sp³-hybridized carbons (Fsp3) is 0.348. The van der Waals surface area contributed by atoms with Crippen molar-refractivity contribution in [2.45, 2.75) is 42.6 Å². The van der Waals surface area contributed by atoms with Crippen LogP contribution in [0.15, 0.2) is 47.5 Å². The average molecular weight is 476 g/mol. The molecule has 5 rings (SSSR count). The minimum absolute atomic E-state index is 0.0174. The highest BCUT2D eigenvalue weighted by molar-refractivity contribution is 7.89. The van der Waals surface area contributed by atoms with Gasteiger partial charge in [0.1, 0.15) is 16.5 Å². The molecule has 9 heteroatoms. The molecule has 1 saturated carbocycles. The van der Waals surface area contributed by atoms with Crippen molar-refractivity contribution >= 4 is 21.6 Å². The van der Waals surface area contributed by atoms with Crippen LogP contribution in [0, 0.1) is 5.82 Å². The smallest absolute Gasteiger partial charge is 0.244 e. The fourth-order valence-corrected chi connectivity index (χ4v) is 6.07. The van der Waals surface area contributed by atoms with Gasteiger partial charge in [-0.2, -0.15) is 4.31 Å². The number of aliphatic hydroxyl groups excluding tert-OH is 1. The Hall–Kier alpha value is -2.26. The Morgan fingerprint density at radius 1 is 1.06 bits per heavy atom. The molecule has 0 amide bonds. The zero-order valence-corrected chi connectivity index (χ0v) is 18.8. The lowest BCUT2D eigenvalue weighted by Crippen LogP contribution is -2.40. The summed E-state index contributed by atoms with van der Waals surface area (Å²) in [6, 6.07) is 9.82. The maximum Gasteiger partial charge on any atom is 0.244 e. The molecule has 32 heavy (non-hydrogen) atoms. The van der Waals surface area contributed by atoms with Gasteiger partial charge in [0.2, 0.25) is 10.0 Å². The van der Waals surface area contributed by atoms with Crippen LogP contribution in [-0.4, -0.2) is 47.0 Å². The number of rotatable bonds is 5. The topological polar surface area (TPSA) is 86.3 Å². The Balaban J connectivity index is 1.46. The second-order valence-corrected chi connectivity index (χ2v) is 10.8. The number of hydrogen-bond donors (Lipinski definition) is 2. The lowest BCUT2D eigenvalue weighted by atomic mass is 10.0. The zero-order valence-electron chi connectivity index (χ0n) is 17.3. The molecular weight excluding hydrogens is 453 g/mol. The van der Waals surface area contributed by atoms with E-state index in [-0.39, 0.29) is 34.7 Å². The summed E-state index contributed by atoms with van der Waals surface area (Å²) in [5.74, 6) is 0.602. The van der Waals surface area contributed by atoms with E-state index in [9.17, 15) is 17.9 Å². The molecule has 2 N–H and O–H groups in total. The van der Waals surface area contributed by atoms with Gasteiger partial charge in [-0.15, -0.1) is 0 Å². The molecular formula is C23H23ClFN3O3S. The van der Waals surface area contributed by atoms with Crippen LogP contribution in [0.3, 0.4) is 0 Å². The van der Waals surface area contributed by atoms with E-state index in [4.69, 9.17) is 11.6 Å². The summed E-state index contributed by atoms with van der Waals surface area (Å²) < 4.78 is 41.8. The van der Waals surface area contributed by atoms with Crippen LogP contribution in [0.2, 0.25) is 5.02 Å². The van der Waals surface area contributed by atoms with Gasteiger partial charge >= 0.3 is 0 Å². The molecule has 3 aromatic rings. The van der Waals surface area contributed by atoms with Crippen molar-refractivity contribution in [1.29, 1.82) is 0 Å². The molecule has 2 aromatic carbocycles. The van der Waals surface area contributed by atoms with Crippen LogP contribution >= 0.6 is 11.6 Å². The van der Waals surface area contributed by atoms with Crippen molar-refractivity contribution in [2.75, 3.05) is 13.1 Å². The average Bonchev–Trinajstić information content (AvgIpc) is 3.50. The van der Waals surface area contributed by atoms with Crippen molar-refractivity contribution in [3.63, 3.8) is 0 Å². The molecule has 0 bridgehead atoms. The number of nitrogens with zero attached hydrogens (tertiary/aromatic N) is 2. The van der Waals surface area contributed by atoms with Crippen LogP contribution in [0.25, 0.3) is 22.6 Å². The van der Waals surface area contributed by atoms with Gasteiger partial charge in [0.25, 0.3) is 0 Å². The number of halogens is 2. The number of hydrogen-bond acceptors (Lipinski definition) is 4. The Morgan fingerprint density at radius 2 is 1.78 bits per heavy atom. The second kappa shape index (κ2) is 8.26. The Kier molecular flexibility index (Phi) is 5.57. The normalized spacial score (nSPS) is 18.2. The van der Waals surface area contributed by atoms with Gasteiger partial charge in [0.05, 0.1) is 23.0 Å². The lowest BCUT2D eigenvalue weighted by Gasteiger charge is -2.29. The Morgan fingerprint density at radius 3 is 2.50 bits per heavy atom. The summed E-state index contributed by atoms with van der Waals surface area (Å²) in [6.45, 7) is 0.506.